The third kappa shape index (κ3) is 4.59. The van der Waals surface area contributed by atoms with Gasteiger partial charge in [0.05, 0.1) is 17.7 Å². The molecule has 0 saturated carbocycles. The van der Waals surface area contributed by atoms with Gasteiger partial charge in [0.1, 0.15) is 0 Å². The van der Waals surface area contributed by atoms with Crippen LogP contribution in [0.1, 0.15) is 50.2 Å². The molecule has 2 aromatic rings. The zero-order valence-electron chi connectivity index (χ0n) is 16.3. The van der Waals surface area contributed by atoms with E-state index in [1.807, 2.05) is 11.3 Å². The molecule has 0 atom stereocenters. The number of aryl methyl sites for hydroxylation is 1. The normalized spacial score (nSPS) is 13.8. The molecule has 1 aliphatic rings. The minimum atomic E-state index is -0.187. The zero-order valence-corrected chi connectivity index (χ0v) is 17.1. The number of guanidine groups is 1. The lowest BCUT2D eigenvalue weighted by Crippen LogP contribution is -2.37. The number of fused-ring (bicyclic) bond motifs is 1. The largest absolute Gasteiger partial charge is 0.356 e. The highest BCUT2D eigenvalue weighted by atomic mass is 32.1. The molecule has 0 aliphatic carbocycles. The fourth-order valence-electron chi connectivity index (χ4n) is 3.14. The average molecular weight is 399 g/mol. The van der Waals surface area contributed by atoms with Crippen molar-refractivity contribution < 1.29 is 9.59 Å². The number of benzene rings is 1. The van der Waals surface area contributed by atoms with Crippen molar-refractivity contribution in [2.75, 3.05) is 20.1 Å². The van der Waals surface area contributed by atoms with Crippen LogP contribution >= 0.6 is 11.3 Å². The van der Waals surface area contributed by atoms with Crippen molar-refractivity contribution in [2.24, 2.45) is 4.99 Å². The number of aliphatic imine (C=N–C) groups is 1. The second-order valence-electron chi connectivity index (χ2n) is 6.59. The van der Waals surface area contributed by atoms with Crippen molar-refractivity contribution in [3.63, 3.8) is 0 Å². The van der Waals surface area contributed by atoms with Crippen molar-refractivity contribution >= 4 is 29.1 Å². The van der Waals surface area contributed by atoms with Crippen LogP contribution in [0.25, 0.3) is 0 Å². The van der Waals surface area contributed by atoms with Crippen LogP contribution in [0.4, 0.5) is 0 Å². The summed E-state index contributed by atoms with van der Waals surface area (Å²) in [7, 11) is 1.75. The van der Waals surface area contributed by atoms with Crippen LogP contribution in [-0.4, -0.2) is 42.8 Å². The van der Waals surface area contributed by atoms with Gasteiger partial charge in [0.25, 0.3) is 11.8 Å². The number of thiophene rings is 1. The van der Waals surface area contributed by atoms with Crippen LogP contribution in [0, 0.1) is 0 Å². The second kappa shape index (κ2) is 9.50. The molecular formula is C21H26N4O2S. The van der Waals surface area contributed by atoms with E-state index in [9.17, 15) is 9.59 Å². The fourth-order valence-corrected chi connectivity index (χ4v) is 4.04. The van der Waals surface area contributed by atoms with Gasteiger partial charge in [0, 0.05) is 29.9 Å². The summed E-state index contributed by atoms with van der Waals surface area (Å²) >= 11 is 1.81. The summed E-state index contributed by atoms with van der Waals surface area (Å²) in [4.78, 5) is 32.9. The van der Waals surface area contributed by atoms with E-state index in [1.54, 1.807) is 31.3 Å². The number of carbonyl (C=O) groups is 2. The molecule has 2 heterocycles. The number of imide groups is 1. The lowest BCUT2D eigenvalue weighted by Gasteiger charge is -2.14. The van der Waals surface area contributed by atoms with Crippen LogP contribution in [0.15, 0.2) is 41.4 Å². The highest BCUT2D eigenvalue weighted by Gasteiger charge is 2.34. The molecule has 0 saturated heterocycles. The first-order valence-corrected chi connectivity index (χ1v) is 10.4. The topological polar surface area (TPSA) is 73.8 Å². The van der Waals surface area contributed by atoms with Gasteiger partial charge in [-0.25, -0.2) is 0 Å². The molecule has 1 aromatic heterocycles. The molecule has 3 rings (SSSR count). The van der Waals surface area contributed by atoms with Crippen molar-refractivity contribution in [1.29, 1.82) is 0 Å². The molecule has 148 valence electrons. The van der Waals surface area contributed by atoms with Crippen molar-refractivity contribution in [3.8, 4) is 0 Å². The molecule has 6 nitrogen and oxygen atoms in total. The molecule has 1 aromatic carbocycles. The first kappa shape index (κ1) is 20.1. The molecule has 0 radical (unpaired) electrons. The number of hydrogen-bond donors (Lipinski definition) is 2. The molecule has 28 heavy (non-hydrogen) atoms. The van der Waals surface area contributed by atoms with Crippen molar-refractivity contribution in [2.45, 2.75) is 32.7 Å². The number of nitrogens with one attached hydrogen (secondary N) is 2. The molecule has 2 N–H and O–H groups in total. The average Bonchev–Trinajstić information content (AvgIpc) is 3.28. The Morgan fingerprint density at radius 2 is 1.68 bits per heavy atom. The number of rotatable bonds is 8. The molecule has 0 bridgehead atoms. The minimum absolute atomic E-state index is 0.187. The first-order chi connectivity index (χ1) is 13.6. The molecule has 0 fully saturated rings. The third-order valence-electron chi connectivity index (χ3n) is 4.70. The molecule has 0 spiro atoms. The van der Waals surface area contributed by atoms with E-state index in [0.29, 0.717) is 17.7 Å². The number of unbranched alkanes of at least 4 members (excludes halogenated alkanes) is 1. The maximum Gasteiger partial charge on any atom is 0.261 e. The van der Waals surface area contributed by atoms with Gasteiger partial charge in [0.15, 0.2) is 5.96 Å². The third-order valence-corrected chi connectivity index (χ3v) is 5.93. The zero-order chi connectivity index (χ0) is 19.9. The van der Waals surface area contributed by atoms with E-state index in [1.165, 1.54) is 14.7 Å². The Bertz CT molecular complexity index is 840. The number of carbonyl (C=O) groups excluding carboxylic acids is 2. The maximum absolute atomic E-state index is 12.3. The lowest BCUT2D eigenvalue weighted by molar-refractivity contribution is 0.0652. The van der Waals surface area contributed by atoms with Crippen molar-refractivity contribution in [3.05, 3.63) is 57.3 Å². The van der Waals surface area contributed by atoms with Gasteiger partial charge in [-0.05, 0) is 43.5 Å². The Morgan fingerprint density at radius 1 is 1.00 bits per heavy atom. The van der Waals surface area contributed by atoms with Gasteiger partial charge >= 0.3 is 0 Å². The van der Waals surface area contributed by atoms with Gasteiger partial charge in [-0.3, -0.25) is 19.5 Å². The molecule has 1 aliphatic heterocycles. The van der Waals surface area contributed by atoms with Gasteiger partial charge in [-0.15, -0.1) is 11.3 Å². The highest BCUT2D eigenvalue weighted by Crippen LogP contribution is 2.22. The van der Waals surface area contributed by atoms with E-state index in [-0.39, 0.29) is 11.8 Å². The summed E-state index contributed by atoms with van der Waals surface area (Å²) in [5, 5.41) is 6.59. The summed E-state index contributed by atoms with van der Waals surface area (Å²) in [6.07, 6.45) is 2.65. The van der Waals surface area contributed by atoms with Gasteiger partial charge in [-0.2, -0.15) is 0 Å². The lowest BCUT2D eigenvalue weighted by atomic mass is 10.1. The Labute approximate surface area is 169 Å². The summed E-state index contributed by atoms with van der Waals surface area (Å²) in [5.74, 6) is 0.383. The Hall–Kier alpha value is -2.67. The summed E-state index contributed by atoms with van der Waals surface area (Å²) in [6.45, 7) is 4.08. The molecule has 0 unspecified atom stereocenters. The van der Waals surface area contributed by atoms with E-state index in [0.717, 1.165) is 38.3 Å². The number of hydrogen-bond acceptors (Lipinski definition) is 4. The van der Waals surface area contributed by atoms with Crippen LogP contribution < -0.4 is 10.6 Å². The van der Waals surface area contributed by atoms with Gasteiger partial charge in [0.2, 0.25) is 0 Å². The summed E-state index contributed by atoms with van der Waals surface area (Å²) < 4.78 is 0. The predicted molar refractivity (Wildman–Crippen MR) is 113 cm³/mol. The summed E-state index contributed by atoms with van der Waals surface area (Å²) in [5.41, 5.74) is 1.02. The van der Waals surface area contributed by atoms with Crippen LogP contribution in [0.2, 0.25) is 0 Å². The van der Waals surface area contributed by atoms with E-state index < -0.39 is 0 Å². The summed E-state index contributed by atoms with van der Waals surface area (Å²) in [6, 6.07) is 11.3. The highest BCUT2D eigenvalue weighted by molar-refractivity contribution is 7.11. The number of amides is 2. The second-order valence-corrected chi connectivity index (χ2v) is 7.84. The first-order valence-electron chi connectivity index (χ1n) is 9.61. The quantitative estimate of drug-likeness (QED) is 0.310. The Morgan fingerprint density at radius 3 is 2.29 bits per heavy atom. The fraction of sp³-hybridized carbons (Fsp3) is 0.381. The molecular weight excluding hydrogens is 372 g/mol. The Balaban J connectivity index is 1.37. The smallest absolute Gasteiger partial charge is 0.261 e. The van der Waals surface area contributed by atoms with Crippen LogP contribution in [0.5, 0.6) is 0 Å². The van der Waals surface area contributed by atoms with E-state index in [2.05, 4.69) is 34.7 Å². The SMILES string of the molecule is CCc1ccc(CNC(=NC)NCCCCN2C(=O)c3ccccc3C2=O)s1. The van der Waals surface area contributed by atoms with Crippen LogP contribution in [-0.2, 0) is 13.0 Å². The Kier molecular flexibility index (Phi) is 6.81. The van der Waals surface area contributed by atoms with Crippen molar-refractivity contribution in [1.82, 2.24) is 15.5 Å². The standard InChI is InChI=1S/C21H26N4O2S/c1-3-15-10-11-16(28-15)14-24-21(22-2)23-12-6-7-13-25-19(26)17-8-4-5-9-18(17)20(25)27/h4-5,8-11H,3,6-7,12-14H2,1-2H3,(H2,22,23,24). The molecule has 2 amide bonds. The van der Waals surface area contributed by atoms with Gasteiger partial charge < -0.3 is 10.6 Å². The number of nitrogens with zero attached hydrogens (tertiary/aromatic N) is 2. The maximum atomic E-state index is 12.3. The molecule has 7 heteroatoms. The minimum Gasteiger partial charge on any atom is -0.356 e. The van der Waals surface area contributed by atoms with E-state index >= 15 is 0 Å². The van der Waals surface area contributed by atoms with Crippen LogP contribution in [0.3, 0.4) is 0 Å². The monoisotopic (exact) mass is 398 g/mol. The predicted octanol–water partition coefficient (Wildman–Crippen LogP) is 3.05. The van der Waals surface area contributed by atoms with E-state index in [4.69, 9.17) is 0 Å². The van der Waals surface area contributed by atoms with Gasteiger partial charge in [-0.1, -0.05) is 19.1 Å².